The molecule has 1 aromatic rings. The predicted octanol–water partition coefficient (Wildman–Crippen LogP) is 2.23. The second-order valence-corrected chi connectivity index (χ2v) is 6.18. The number of carbonyl (C=O) groups is 2. The molecule has 4 nitrogen and oxygen atoms in total. The van der Waals surface area contributed by atoms with E-state index in [-0.39, 0.29) is 18.9 Å². The molecule has 1 unspecified atom stereocenters. The summed E-state index contributed by atoms with van der Waals surface area (Å²) in [5.41, 5.74) is -0.954. The van der Waals surface area contributed by atoms with E-state index >= 15 is 0 Å². The highest BCUT2D eigenvalue weighted by atomic mass is 19.1. The third kappa shape index (κ3) is 3.04. The van der Waals surface area contributed by atoms with Crippen molar-refractivity contribution in [2.45, 2.75) is 33.2 Å². The van der Waals surface area contributed by atoms with Crippen LogP contribution in [0.5, 0.6) is 0 Å². The van der Waals surface area contributed by atoms with Crippen LogP contribution in [0.25, 0.3) is 0 Å². The highest BCUT2D eigenvalue weighted by Crippen LogP contribution is 2.29. The van der Waals surface area contributed by atoms with E-state index in [1.165, 1.54) is 6.07 Å². The van der Waals surface area contributed by atoms with Gasteiger partial charge >= 0.3 is 0 Å². The number of nitrogens with one attached hydrogen (secondary N) is 1. The van der Waals surface area contributed by atoms with Crippen molar-refractivity contribution in [3.8, 4) is 0 Å². The summed E-state index contributed by atoms with van der Waals surface area (Å²) in [6, 6.07) is 2.60. The molecule has 1 atom stereocenters. The summed E-state index contributed by atoms with van der Waals surface area (Å²) in [6.45, 7) is 5.32. The van der Waals surface area contributed by atoms with Crippen LogP contribution in [0.3, 0.4) is 0 Å². The fourth-order valence-corrected chi connectivity index (χ4v) is 2.33. The molecule has 1 aromatic carbocycles. The third-order valence-electron chi connectivity index (χ3n) is 3.45. The number of benzene rings is 1. The Bertz CT molecular complexity index is 561. The van der Waals surface area contributed by atoms with Gasteiger partial charge in [0.15, 0.2) is 0 Å². The van der Waals surface area contributed by atoms with Crippen molar-refractivity contribution in [3.05, 3.63) is 29.8 Å². The van der Waals surface area contributed by atoms with E-state index in [0.29, 0.717) is 0 Å². The lowest BCUT2D eigenvalue weighted by atomic mass is 9.86. The van der Waals surface area contributed by atoms with Gasteiger partial charge in [0.25, 0.3) is 0 Å². The SMILES string of the molecule is CC(C)(C)C1NC(=O)CCN(c2c(F)cccc2F)C1=O. The van der Waals surface area contributed by atoms with Gasteiger partial charge in [0.1, 0.15) is 23.4 Å². The van der Waals surface area contributed by atoms with E-state index in [2.05, 4.69) is 5.32 Å². The van der Waals surface area contributed by atoms with Crippen molar-refractivity contribution >= 4 is 17.5 Å². The van der Waals surface area contributed by atoms with Crippen LogP contribution in [0.1, 0.15) is 27.2 Å². The number of anilines is 1. The van der Waals surface area contributed by atoms with Gasteiger partial charge in [-0.15, -0.1) is 0 Å². The van der Waals surface area contributed by atoms with E-state index in [1.807, 2.05) is 0 Å². The van der Waals surface area contributed by atoms with E-state index in [4.69, 9.17) is 0 Å². The van der Waals surface area contributed by atoms with Gasteiger partial charge in [0, 0.05) is 13.0 Å². The van der Waals surface area contributed by atoms with Gasteiger partial charge in [-0.05, 0) is 17.5 Å². The van der Waals surface area contributed by atoms with Crippen molar-refractivity contribution in [1.82, 2.24) is 5.32 Å². The van der Waals surface area contributed by atoms with Gasteiger partial charge in [0.05, 0.1) is 0 Å². The van der Waals surface area contributed by atoms with Crippen molar-refractivity contribution in [3.63, 3.8) is 0 Å². The van der Waals surface area contributed by atoms with Crippen molar-refractivity contribution in [1.29, 1.82) is 0 Å². The van der Waals surface area contributed by atoms with E-state index in [9.17, 15) is 18.4 Å². The highest BCUT2D eigenvalue weighted by molar-refractivity contribution is 6.01. The molecule has 1 aliphatic rings. The summed E-state index contributed by atoms with van der Waals surface area (Å²) in [5, 5.41) is 2.63. The zero-order valence-electron chi connectivity index (χ0n) is 12.2. The Morgan fingerprint density at radius 2 is 1.76 bits per heavy atom. The Balaban J connectivity index is 2.48. The summed E-state index contributed by atoms with van der Waals surface area (Å²) in [5.74, 6) is -2.43. The monoisotopic (exact) mass is 296 g/mol. The summed E-state index contributed by atoms with van der Waals surface area (Å²) in [7, 11) is 0. The predicted molar refractivity (Wildman–Crippen MR) is 74.7 cm³/mol. The molecule has 0 spiro atoms. The minimum Gasteiger partial charge on any atom is -0.344 e. The number of nitrogens with zero attached hydrogens (tertiary/aromatic N) is 1. The second kappa shape index (κ2) is 5.42. The number of rotatable bonds is 1. The lowest BCUT2D eigenvalue weighted by Gasteiger charge is -2.32. The van der Waals surface area contributed by atoms with Gasteiger partial charge in [-0.3, -0.25) is 9.59 Å². The molecule has 1 aliphatic heterocycles. The zero-order valence-corrected chi connectivity index (χ0v) is 12.2. The van der Waals surface area contributed by atoms with Crippen molar-refractivity contribution in [2.75, 3.05) is 11.4 Å². The molecule has 0 saturated carbocycles. The quantitative estimate of drug-likeness (QED) is 0.864. The van der Waals surface area contributed by atoms with Gasteiger partial charge in [-0.25, -0.2) is 8.78 Å². The molecule has 1 N–H and O–H groups in total. The van der Waals surface area contributed by atoms with Gasteiger partial charge in [0.2, 0.25) is 11.8 Å². The maximum absolute atomic E-state index is 13.9. The number of hydrogen-bond donors (Lipinski definition) is 1. The first-order valence-electron chi connectivity index (χ1n) is 6.76. The molecule has 0 aliphatic carbocycles. The Kier molecular flexibility index (Phi) is 3.98. The van der Waals surface area contributed by atoms with Gasteiger partial charge in [-0.1, -0.05) is 26.8 Å². The lowest BCUT2D eigenvalue weighted by Crippen LogP contribution is -2.52. The Morgan fingerprint density at radius 3 is 2.29 bits per heavy atom. The van der Waals surface area contributed by atoms with Crippen molar-refractivity contribution in [2.24, 2.45) is 5.41 Å². The van der Waals surface area contributed by atoms with Crippen LogP contribution in [-0.2, 0) is 9.59 Å². The topological polar surface area (TPSA) is 49.4 Å². The second-order valence-electron chi connectivity index (χ2n) is 6.18. The molecule has 0 radical (unpaired) electrons. The molecule has 2 rings (SSSR count). The van der Waals surface area contributed by atoms with Crippen LogP contribution in [0.2, 0.25) is 0 Å². The van der Waals surface area contributed by atoms with E-state index < -0.39 is 34.7 Å². The number of amides is 2. The molecule has 6 heteroatoms. The van der Waals surface area contributed by atoms with Crippen LogP contribution in [0.4, 0.5) is 14.5 Å². The molecule has 114 valence electrons. The smallest absolute Gasteiger partial charge is 0.250 e. The first kappa shape index (κ1) is 15.4. The normalized spacial score (nSPS) is 20.2. The fraction of sp³-hybridized carbons (Fsp3) is 0.467. The molecule has 1 heterocycles. The summed E-state index contributed by atoms with van der Waals surface area (Å²) in [4.78, 5) is 25.4. The first-order chi connectivity index (χ1) is 9.71. The third-order valence-corrected chi connectivity index (χ3v) is 3.45. The Morgan fingerprint density at radius 1 is 1.19 bits per heavy atom. The van der Waals surface area contributed by atoms with Crippen LogP contribution >= 0.6 is 0 Å². The average Bonchev–Trinajstić information content (AvgIpc) is 2.50. The Labute approximate surface area is 122 Å². The highest BCUT2D eigenvalue weighted by Gasteiger charge is 2.39. The largest absolute Gasteiger partial charge is 0.344 e. The van der Waals surface area contributed by atoms with Crippen LogP contribution in [-0.4, -0.2) is 24.4 Å². The van der Waals surface area contributed by atoms with E-state index in [0.717, 1.165) is 17.0 Å². The van der Waals surface area contributed by atoms with Gasteiger partial charge in [-0.2, -0.15) is 0 Å². The number of hydrogen-bond acceptors (Lipinski definition) is 2. The molecule has 0 bridgehead atoms. The van der Waals surface area contributed by atoms with Crippen LogP contribution < -0.4 is 10.2 Å². The molecule has 21 heavy (non-hydrogen) atoms. The summed E-state index contributed by atoms with van der Waals surface area (Å²) < 4.78 is 27.8. The molecule has 1 saturated heterocycles. The van der Waals surface area contributed by atoms with Crippen LogP contribution in [0, 0.1) is 17.0 Å². The number of halogens is 2. The Hall–Kier alpha value is -1.98. The lowest BCUT2D eigenvalue weighted by molar-refractivity contribution is -0.127. The van der Waals surface area contributed by atoms with Crippen LogP contribution in [0.15, 0.2) is 18.2 Å². The maximum atomic E-state index is 13.9. The summed E-state index contributed by atoms with van der Waals surface area (Å²) in [6.07, 6.45) is 0.00605. The minimum atomic E-state index is -0.827. The average molecular weight is 296 g/mol. The maximum Gasteiger partial charge on any atom is 0.250 e. The molecular weight excluding hydrogens is 278 g/mol. The molecule has 0 aromatic heterocycles. The number of carbonyl (C=O) groups excluding carboxylic acids is 2. The van der Waals surface area contributed by atoms with E-state index in [1.54, 1.807) is 20.8 Å². The zero-order chi connectivity index (χ0) is 15.8. The first-order valence-corrected chi connectivity index (χ1v) is 6.76. The molecule has 2 amide bonds. The van der Waals surface area contributed by atoms with Crippen molar-refractivity contribution < 1.29 is 18.4 Å². The van der Waals surface area contributed by atoms with Gasteiger partial charge < -0.3 is 10.2 Å². The molecule has 1 fully saturated rings. The number of para-hydroxylation sites is 1. The summed E-state index contributed by atoms with van der Waals surface area (Å²) >= 11 is 0. The molecular formula is C15H18F2N2O2. The standard InChI is InChI=1S/C15H18F2N2O2/c1-15(2,3)13-14(21)19(8-7-11(20)18-13)12-9(16)5-4-6-10(12)17/h4-6,13H,7-8H2,1-3H3,(H,18,20). The fourth-order valence-electron chi connectivity index (χ4n) is 2.33. The minimum absolute atomic E-state index is 0.00605.